The number of nitrogens with one attached hydrogen (secondary N) is 1. The van der Waals surface area contributed by atoms with Crippen LogP contribution in [0.3, 0.4) is 0 Å². The van der Waals surface area contributed by atoms with Crippen molar-refractivity contribution in [1.82, 2.24) is 5.48 Å². The fourth-order valence-electron chi connectivity index (χ4n) is 2.71. The van der Waals surface area contributed by atoms with E-state index in [0.717, 1.165) is 4.90 Å². The lowest BCUT2D eigenvalue weighted by Crippen LogP contribution is -2.58. The first kappa shape index (κ1) is 23.5. The zero-order valence-electron chi connectivity index (χ0n) is 16.6. The van der Waals surface area contributed by atoms with Crippen LogP contribution >= 0.6 is 0 Å². The second kappa shape index (κ2) is 10.9. The average molecular weight is 424 g/mol. The Labute approximate surface area is 179 Å². The number of hydrogen-bond acceptors (Lipinski definition) is 7. The highest BCUT2D eigenvalue weighted by Gasteiger charge is 2.32. The number of anilines is 1. The zero-order chi connectivity index (χ0) is 23.0. The fraction of sp³-hybridized carbons (Fsp3) is 0.190. The minimum absolute atomic E-state index is 0.133. The number of hydrogen-bond donors (Lipinski definition) is 6. The lowest BCUT2D eigenvalue weighted by atomic mass is 10.1. The average Bonchev–Trinajstić information content (AvgIpc) is 2.80. The topological polar surface area (TPSA) is 191 Å². The molecule has 2 rings (SSSR count). The van der Waals surface area contributed by atoms with E-state index in [1.54, 1.807) is 48.5 Å². The molecular weight excluding hydrogens is 400 g/mol. The molecular formula is C21H24N6O4. The van der Waals surface area contributed by atoms with Crippen LogP contribution in [0.5, 0.6) is 0 Å². The Morgan fingerprint density at radius 2 is 1.45 bits per heavy atom. The van der Waals surface area contributed by atoms with Crippen molar-refractivity contribution < 1.29 is 19.6 Å². The van der Waals surface area contributed by atoms with Crippen LogP contribution in [0.15, 0.2) is 48.5 Å². The monoisotopic (exact) mass is 424 g/mol. The molecule has 31 heavy (non-hydrogen) atoms. The van der Waals surface area contributed by atoms with Gasteiger partial charge in [0, 0.05) is 35.5 Å². The maximum atomic E-state index is 12.7. The van der Waals surface area contributed by atoms with Gasteiger partial charge in [0.1, 0.15) is 6.04 Å². The molecule has 2 atom stereocenters. The van der Waals surface area contributed by atoms with Crippen molar-refractivity contribution in [2.75, 3.05) is 18.0 Å². The van der Waals surface area contributed by atoms with Gasteiger partial charge in [-0.25, -0.2) is 5.48 Å². The Morgan fingerprint density at radius 1 is 0.935 bits per heavy atom. The molecule has 2 aromatic rings. The summed E-state index contributed by atoms with van der Waals surface area (Å²) in [5.41, 5.74) is 25.6. The summed E-state index contributed by atoms with van der Waals surface area (Å²) >= 11 is 0. The maximum Gasteiger partial charge on any atom is 0.267 e. The van der Waals surface area contributed by atoms with E-state index in [1.165, 1.54) is 5.48 Å². The third-order valence-corrected chi connectivity index (χ3v) is 4.42. The van der Waals surface area contributed by atoms with Crippen LogP contribution in [0.4, 0.5) is 5.69 Å². The molecule has 10 heteroatoms. The molecule has 0 fully saturated rings. The van der Waals surface area contributed by atoms with Crippen LogP contribution in [0.25, 0.3) is 0 Å². The van der Waals surface area contributed by atoms with Gasteiger partial charge in [-0.1, -0.05) is 11.8 Å². The number of amides is 3. The Bertz CT molecular complexity index is 995. The van der Waals surface area contributed by atoms with Crippen LogP contribution < -0.4 is 33.3 Å². The van der Waals surface area contributed by atoms with E-state index >= 15 is 0 Å². The molecule has 0 unspecified atom stereocenters. The summed E-state index contributed by atoms with van der Waals surface area (Å²) in [5, 5.41) is 8.99. The number of benzene rings is 2. The Hall–Kier alpha value is -3.75. The molecule has 162 valence electrons. The van der Waals surface area contributed by atoms with Crippen molar-refractivity contribution >= 4 is 23.4 Å². The molecule has 0 aliphatic carbocycles. The van der Waals surface area contributed by atoms with E-state index in [-0.39, 0.29) is 13.1 Å². The minimum atomic E-state index is -1.18. The van der Waals surface area contributed by atoms with Crippen LogP contribution in [0, 0.1) is 11.8 Å². The van der Waals surface area contributed by atoms with Crippen LogP contribution in [0.2, 0.25) is 0 Å². The SMILES string of the molecule is NC[C@H](N)C(=O)N(c1ccc(C#Cc2ccc(C(N)=O)cc2)cc1)[C@@H](CN)C(=O)NO. The van der Waals surface area contributed by atoms with Crippen LogP contribution in [0.1, 0.15) is 21.5 Å². The van der Waals surface area contributed by atoms with Gasteiger partial charge in [0.2, 0.25) is 11.8 Å². The van der Waals surface area contributed by atoms with E-state index < -0.39 is 29.8 Å². The van der Waals surface area contributed by atoms with E-state index in [1.807, 2.05) is 0 Å². The van der Waals surface area contributed by atoms with Crippen molar-refractivity contribution in [2.45, 2.75) is 12.1 Å². The molecule has 10 N–H and O–H groups in total. The van der Waals surface area contributed by atoms with Gasteiger partial charge in [-0.05, 0) is 48.5 Å². The number of hydroxylamine groups is 1. The third-order valence-electron chi connectivity index (χ3n) is 4.42. The fourth-order valence-corrected chi connectivity index (χ4v) is 2.71. The molecule has 2 aromatic carbocycles. The van der Waals surface area contributed by atoms with Crippen LogP contribution in [-0.2, 0) is 9.59 Å². The predicted octanol–water partition coefficient (Wildman–Crippen LogP) is -1.36. The molecule has 10 nitrogen and oxygen atoms in total. The molecule has 0 saturated carbocycles. The second-order valence-corrected chi connectivity index (χ2v) is 6.52. The van der Waals surface area contributed by atoms with Crippen molar-refractivity contribution in [3.05, 3.63) is 65.2 Å². The Balaban J connectivity index is 2.31. The summed E-state index contributed by atoms with van der Waals surface area (Å²) in [4.78, 5) is 36.9. The summed E-state index contributed by atoms with van der Waals surface area (Å²) in [5.74, 6) is 3.92. The van der Waals surface area contributed by atoms with Gasteiger partial charge in [0.15, 0.2) is 0 Å². The smallest absolute Gasteiger partial charge is 0.267 e. The van der Waals surface area contributed by atoms with Crippen molar-refractivity contribution in [2.24, 2.45) is 22.9 Å². The highest BCUT2D eigenvalue weighted by atomic mass is 16.5. The number of nitrogens with two attached hydrogens (primary N) is 4. The third kappa shape index (κ3) is 5.88. The summed E-state index contributed by atoms with van der Waals surface area (Å²) in [6.07, 6.45) is 0. The van der Waals surface area contributed by atoms with E-state index in [4.69, 9.17) is 28.1 Å². The van der Waals surface area contributed by atoms with Gasteiger partial charge in [0.25, 0.3) is 5.91 Å². The standard InChI is InChI=1S/C21H24N6O4/c22-11-17(24)21(30)27(18(12-23)20(29)26-31)16-9-5-14(6-10-16)2-1-13-3-7-15(8-4-13)19(25)28/h3-10,17-18,31H,11-12,22-24H2,(H2,25,28)(H,26,29)/t17-,18-/m0/s1. The lowest BCUT2D eigenvalue weighted by molar-refractivity contribution is -0.132. The first-order chi connectivity index (χ1) is 14.8. The Kier molecular flexibility index (Phi) is 8.25. The number of carbonyl (C=O) groups excluding carboxylic acids is 3. The van der Waals surface area contributed by atoms with E-state index in [9.17, 15) is 14.4 Å². The highest BCUT2D eigenvalue weighted by molar-refractivity contribution is 6.03. The number of primary amides is 1. The molecule has 0 spiro atoms. The van der Waals surface area contributed by atoms with Gasteiger partial charge >= 0.3 is 0 Å². The number of carbonyl (C=O) groups is 3. The molecule has 0 aliphatic heterocycles. The molecule has 0 bridgehead atoms. The molecule has 0 aromatic heterocycles. The quantitative estimate of drug-likeness (QED) is 0.179. The van der Waals surface area contributed by atoms with Gasteiger partial charge in [-0.15, -0.1) is 0 Å². The first-order valence-electron chi connectivity index (χ1n) is 9.27. The van der Waals surface area contributed by atoms with Crippen LogP contribution in [-0.4, -0.2) is 48.1 Å². The van der Waals surface area contributed by atoms with Gasteiger partial charge in [-0.2, -0.15) is 0 Å². The normalized spacial score (nSPS) is 12.1. The predicted molar refractivity (Wildman–Crippen MR) is 115 cm³/mol. The van der Waals surface area contributed by atoms with Crippen molar-refractivity contribution in [3.8, 4) is 11.8 Å². The molecule has 0 saturated heterocycles. The minimum Gasteiger partial charge on any atom is -0.366 e. The highest BCUT2D eigenvalue weighted by Crippen LogP contribution is 2.19. The zero-order valence-corrected chi connectivity index (χ0v) is 16.6. The summed E-state index contributed by atoms with van der Waals surface area (Å²) < 4.78 is 0. The van der Waals surface area contributed by atoms with E-state index in [0.29, 0.717) is 22.4 Å². The molecule has 3 amide bonds. The lowest BCUT2D eigenvalue weighted by Gasteiger charge is -2.31. The van der Waals surface area contributed by atoms with Crippen molar-refractivity contribution in [1.29, 1.82) is 0 Å². The number of nitrogens with zero attached hydrogens (tertiary/aromatic N) is 1. The summed E-state index contributed by atoms with van der Waals surface area (Å²) in [6, 6.07) is 10.7. The summed E-state index contributed by atoms with van der Waals surface area (Å²) in [6.45, 7) is -0.385. The largest absolute Gasteiger partial charge is 0.366 e. The first-order valence-corrected chi connectivity index (χ1v) is 9.27. The second-order valence-electron chi connectivity index (χ2n) is 6.52. The number of rotatable bonds is 7. The molecule has 0 heterocycles. The summed E-state index contributed by atoms with van der Waals surface area (Å²) in [7, 11) is 0. The molecule has 0 radical (unpaired) electrons. The van der Waals surface area contributed by atoms with Gasteiger partial charge in [-0.3, -0.25) is 24.5 Å². The molecule has 0 aliphatic rings. The van der Waals surface area contributed by atoms with E-state index in [2.05, 4.69) is 11.8 Å². The van der Waals surface area contributed by atoms with Gasteiger partial charge < -0.3 is 22.9 Å². The van der Waals surface area contributed by atoms with Gasteiger partial charge in [0.05, 0.1) is 6.04 Å². The van der Waals surface area contributed by atoms with Crippen molar-refractivity contribution in [3.63, 3.8) is 0 Å². The maximum absolute atomic E-state index is 12.7. The Morgan fingerprint density at radius 3 is 1.87 bits per heavy atom.